The first-order chi connectivity index (χ1) is 3.18. The van der Waals surface area contributed by atoms with E-state index in [1.165, 1.54) is 0 Å². The monoisotopic (exact) mass is 206 g/mol. The topological polar surface area (TPSA) is 37.3 Å². The summed E-state index contributed by atoms with van der Waals surface area (Å²) in [6.07, 6.45) is 0. The first-order valence-electron chi connectivity index (χ1n) is 1.61. The van der Waals surface area contributed by atoms with E-state index in [2.05, 4.69) is 0 Å². The molecule has 0 radical (unpaired) electrons. The Kier molecular flexibility index (Phi) is 8.32. The molecule has 0 saturated carbocycles. The fraction of sp³-hybridized carbons (Fsp3) is 0.667. The van der Waals surface area contributed by atoms with Gasteiger partial charge in [-0.05, 0) is 0 Å². The summed E-state index contributed by atoms with van der Waals surface area (Å²) < 4.78 is 0. The van der Waals surface area contributed by atoms with E-state index in [1.807, 2.05) is 0 Å². The summed E-state index contributed by atoms with van der Waals surface area (Å²) in [5.41, 5.74) is 0. The summed E-state index contributed by atoms with van der Waals surface area (Å²) in [6.45, 7) is 0. The maximum absolute atomic E-state index is 9.71. The summed E-state index contributed by atoms with van der Waals surface area (Å²) >= 11 is 10.1. The van der Waals surface area contributed by atoms with Gasteiger partial charge in [0.2, 0.25) is 0 Å². The molecule has 0 aliphatic carbocycles. The van der Waals surface area contributed by atoms with Crippen LogP contribution in [0.25, 0.3) is 0 Å². The fourth-order valence-electron chi connectivity index (χ4n) is 0.0660. The van der Waals surface area contributed by atoms with E-state index < -0.39 is 11.3 Å². The molecule has 0 aliphatic rings. The van der Waals surface area contributed by atoms with Crippen molar-refractivity contribution < 1.29 is 29.4 Å². The molecule has 0 amide bonds. The summed E-state index contributed by atoms with van der Waals surface area (Å²) in [6, 6.07) is 0. The SMILES string of the molecule is O=C(O)C(Cl)CCl.[Zn]. The molecule has 0 aliphatic heterocycles. The van der Waals surface area contributed by atoms with E-state index in [0.717, 1.165) is 0 Å². The van der Waals surface area contributed by atoms with Crippen LogP contribution in [0.15, 0.2) is 0 Å². The first-order valence-corrected chi connectivity index (χ1v) is 2.58. The largest absolute Gasteiger partial charge is 0.480 e. The maximum Gasteiger partial charge on any atom is 0.322 e. The first kappa shape index (κ1) is 11.5. The predicted octanol–water partition coefficient (Wildman–Crippen LogP) is 0.915. The average molecular weight is 208 g/mol. The van der Waals surface area contributed by atoms with Crippen LogP contribution in [0.4, 0.5) is 0 Å². The summed E-state index contributed by atoms with van der Waals surface area (Å²) in [5, 5.41) is 7.02. The van der Waals surface area contributed by atoms with E-state index in [9.17, 15) is 4.79 Å². The molecule has 44 valence electrons. The van der Waals surface area contributed by atoms with Crippen LogP contribution in [-0.2, 0) is 24.3 Å². The summed E-state index contributed by atoms with van der Waals surface area (Å²) in [7, 11) is 0. The van der Waals surface area contributed by atoms with E-state index in [-0.39, 0.29) is 25.4 Å². The van der Waals surface area contributed by atoms with Gasteiger partial charge >= 0.3 is 5.97 Å². The van der Waals surface area contributed by atoms with E-state index in [4.69, 9.17) is 28.3 Å². The zero-order valence-corrected chi connectivity index (χ0v) is 8.58. The van der Waals surface area contributed by atoms with E-state index in [0.29, 0.717) is 0 Å². The smallest absolute Gasteiger partial charge is 0.322 e. The van der Waals surface area contributed by atoms with Crippen molar-refractivity contribution in [3.63, 3.8) is 0 Å². The van der Waals surface area contributed by atoms with Crippen LogP contribution in [0.2, 0.25) is 0 Å². The standard InChI is InChI=1S/C3H4Cl2O2.Zn/c4-1-2(5)3(6)7;/h2H,1H2,(H,6,7);. The van der Waals surface area contributed by atoms with Crippen molar-refractivity contribution >= 4 is 29.2 Å². The second-order valence-corrected chi connectivity index (χ2v) is 1.80. The molecule has 1 atom stereocenters. The van der Waals surface area contributed by atoms with E-state index in [1.54, 1.807) is 0 Å². The Hall–Kier alpha value is 0.673. The van der Waals surface area contributed by atoms with Crippen molar-refractivity contribution in [2.45, 2.75) is 5.38 Å². The molecule has 0 aromatic heterocycles. The maximum atomic E-state index is 9.71. The number of hydrogen-bond donors (Lipinski definition) is 1. The molecule has 0 spiro atoms. The number of carboxylic acids is 1. The molecule has 0 aromatic rings. The minimum Gasteiger partial charge on any atom is -0.480 e. The van der Waals surface area contributed by atoms with Crippen molar-refractivity contribution in [2.24, 2.45) is 0 Å². The molecule has 0 heterocycles. The third-order valence-electron chi connectivity index (χ3n) is 0.403. The van der Waals surface area contributed by atoms with Crippen molar-refractivity contribution in [1.29, 1.82) is 0 Å². The van der Waals surface area contributed by atoms with Gasteiger partial charge in [0.25, 0.3) is 0 Å². The number of aliphatic carboxylic acids is 1. The van der Waals surface area contributed by atoms with Crippen LogP contribution >= 0.6 is 23.2 Å². The number of carboxylic acid groups (broad SMARTS) is 1. The molecule has 0 aromatic carbocycles. The van der Waals surface area contributed by atoms with Crippen molar-refractivity contribution in [3.05, 3.63) is 0 Å². The molecule has 8 heavy (non-hydrogen) atoms. The molecule has 0 rings (SSSR count). The molecule has 5 heteroatoms. The van der Waals surface area contributed by atoms with Gasteiger partial charge in [0.05, 0.1) is 0 Å². The molecular weight excluding hydrogens is 204 g/mol. The van der Waals surface area contributed by atoms with Crippen LogP contribution in [0.1, 0.15) is 0 Å². The predicted molar refractivity (Wildman–Crippen MR) is 28.0 cm³/mol. The van der Waals surface area contributed by atoms with Gasteiger partial charge in [-0.15, -0.1) is 23.2 Å². The van der Waals surface area contributed by atoms with Crippen molar-refractivity contribution in [1.82, 2.24) is 0 Å². The van der Waals surface area contributed by atoms with Crippen molar-refractivity contribution in [2.75, 3.05) is 5.88 Å². The summed E-state index contributed by atoms with van der Waals surface area (Å²) in [5.74, 6) is -1.12. The fourth-order valence-corrected chi connectivity index (χ4v) is 0.198. The van der Waals surface area contributed by atoms with Gasteiger partial charge in [-0.3, -0.25) is 4.79 Å². The number of alkyl halides is 2. The number of halogens is 2. The Balaban J connectivity index is 0. The third-order valence-corrected chi connectivity index (χ3v) is 1.21. The van der Waals surface area contributed by atoms with E-state index >= 15 is 0 Å². The number of carbonyl (C=O) groups is 1. The second-order valence-electron chi connectivity index (χ2n) is 0.960. The van der Waals surface area contributed by atoms with Crippen LogP contribution < -0.4 is 0 Å². The van der Waals surface area contributed by atoms with Gasteiger partial charge in [-0.25, -0.2) is 0 Å². The third kappa shape index (κ3) is 4.82. The van der Waals surface area contributed by atoms with Crippen molar-refractivity contribution in [3.8, 4) is 0 Å². The van der Waals surface area contributed by atoms with Gasteiger partial charge in [0, 0.05) is 25.4 Å². The van der Waals surface area contributed by atoms with Crippen LogP contribution in [-0.4, -0.2) is 22.3 Å². The summed E-state index contributed by atoms with van der Waals surface area (Å²) in [4.78, 5) is 9.71. The van der Waals surface area contributed by atoms with Crippen LogP contribution in [0.5, 0.6) is 0 Å². The van der Waals surface area contributed by atoms with Crippen LogP contribution in [0.3, 0.4) is 0 Å². The van der Waals surface area contributed by atoms with Gasteiger partial charge in [-0.1, -0.05) is 0 Å². The minimum atomic E-state index is -1.07. The molecular formula is C3H4Cl2O2Zn. The molecule has 0 saturated heterocycles. The average Bonchev–Trinajstić information content (AvgIpc) is 1.65. The molecule has 1 N–H and O–H groups in total. The molecule has 0 bridgehead atoms. The Morgan fingerprint density at radius 2 is 2.12 bits per heavy atom. The quantitative estimate of drug-likeness (QED) is 0.541. The Morgan fingerprint density at radius 1 is 1.75 bits per heavy atom. The zero-order valence-electron chi connectivity index (χ0n) is 4.10. The normalized spacial score (nSPS) is 11.8. The zero-order chi connectivity index (χ0) is 5.86. The van der Waals surface area contributed by atoms with Crippen LogP contribution in [0, 0.1) is 0 Å². The van der Waals surface area contributed by atoms with Gasteiger partial charge in [-0.2, -0.15) is 0 Å². The van der Waals surface area contributed by atoms with Gasteiger partial charge < -0.3 is 5.11 Å². The molecule has 1 unspecified atom stereocenters. The Morgan fingerprint density at radius 3 is 2.12 bits per heavy atom. The minimum absolute atomic E-state index is 0. The number of hydrogen-bond acceptors (Lipinski definition) is 1. The second kappa shape index (κ2) is 5.80. The molecule has 0 fully saturated rings. The van der Waals surface area contributed by atoms with Gasteiger partial charge in [0.15, 0.2) is 0 Å². The van der Waals surface area contributed by atoms with Gasteiger partial charge in [0.1, 0.15) is 5.38 Å². The number of rotatable bonds is 2. The molecule has 2 nitrogen and oxygen atoms in total. The Labute approximate surface area is 69.9 Å². The Bertz CT molecular complexity index is 77.7.